The molecule has 0 aliphatic carbocycles. The van der Waals surface area contributed by atoms with E-state index in [0.717, 1.165) is 0 Å². The molecular weight excluding hydrogens is 179 g/mol. The molecule has 0 spiro atoms. The quantitative estimate of drug-likeness (QED) is 0.405. The third-order valence-electron chi connectivity index (χ3n) is 0.438. The zero-order valence-electron chi connectivity index (χ0n) is 2.52. The van der Waals surface area contributed by atoms with E-state index in [9.17, 15) is 0 Å². The smallest absolute Gasteiger partial charge is 0.169 e. The Hall–Kier alpha value is 0.270. The molecule has 0 radical (unpaired) electrons. The summed E-state index contributed by atoms with van der Waals surface area (Å²) in [7, 11) is 0. The average molecular weight is 182 g/mol. The van der Waals surface area contributed by atoms with Crippen LogP contribution in [-0.2, 0) is 4.74 Å². The third kappa shape index (κ3) is 0.560. The van der Waals surface area contributed by atoms with Gasteiger partial charge in [0.05, 0.1) is 6.26 Å². The molecule has 5 heavy (non-hydrogen) atoms. The minimum absolute atomic E-state index is 0.354. The topological polar surface area (TPSA) is 9.23 Å². The summed E-state index contributed by atoms with van der Waals surface area (Å²) in [5.74, 6) is 0. The standard InChI is InChI=1S/C3H3IO/c4-3-1-2-5-3/h1-3H. The summed E-state index contributed by atoms with van der Waals surface area (Å²) in [6, 6.07) is 0. The molecule has 0 saturated heterocycles. The summed E-state index contributed by atoms with van der Waals surface area (Å²) in [4.78, 5) is 0. The van der Waals surface area contributed by atoms with Crippen LogP contribution in [0, 0.1) is 0 Å². The summed E-state index contributed by atoms with van der Waals surface area (Å²) >= 11 is 2.18. The Morgan fingerprint density at radius 1 is 1.80 bits per heavy atom. The van der Waals surface area contributed by atoms with E-state index in [2.05, 4.69) is 22.6 Å². The Morgan fingerprint density at radius 2 is 2.20 bits per heavy atom. The van der Waals surface area contributed by atoms with Gasteiger partial charge in [-0.15, -0.1) is 0 Å². The van der Waals surface area contributed by atoms with E-state index >= 15 is 0 Å². The van der Waals surface area contributed by atoms with E-state index in [0.29, 0.717) is 4.11 Å². The van der Waals surface area contributed by atoms with Crippen LogP contribution in [0.15, 0.2) is 12.3 Å². The van der Waals surface area contributed by atoms with Crippen LogP contribution in [0.5, 0.6) is 0 Å². The van der Waals surface area contributed by atoms with Gasteiger partial charge in [0.25, 0.3) is 0 Å². The molecule has 1 aliphatic heterocycles. The first kappa shape index (κ1) is 3.46. The first-order valence-corrected chi connectivity index (χ1v) is 2.60. The second kappa shape index (κ2) is 1.16. The predicted octanol–water partition coefficient (Wildman–Crippen LogP) is 1.29. The lowest BCUT2D eigenvalue weighted by molar-refractivity contribution is 0.226. The Balaban J connectivity index is 2.39. The second-order valence-corrected chi connectivity index (χ2v) is 2.04. The highest BCUT2D eigenvalue weighted by molar-refractivity contribution is 14.1. The summed E-state index contributed by atoms with van der Waals surface area (Å²) in [6.07, 6.45) is 3.68. The molecule has 0 saturated carbocycles. The highest BCUT2D eigenvalue weighted by Crippen LogP contribution is 2.12. The number of ether oxygens (including phenoxy) is 1. The maximum Gasteiger partial charge on any atom is 0.169 e. The zero-order valence-corrected chi connectivity index (χ0v) is 4.68. The number of hydrogen-bond donors (Lipinski definition) is 0. The van der Waals surface area contributed by atoms with Crippen molar-refractivity contribution in [2.24, 2.45) is 0 Å². The van der Waals surface area contributed by atoms with Crippen molar-refractivity contribution in [2.45, 2.75) is 4.11 Å². The lowest BCUT2D eigenvalue weighted by Crippen LogP contribution is -2.02. The van der Waals surface area contributed by atoms with Gasteiger partial charge in [-0.25, -0.2) is 0 Å². The molecule has 1 heterocycles. The first-order chi connectivity index (χ1) is 2.39. The van der Waals surface area contributed by atoms with E-state index in [-0.39, 0.29) is 0 Å². The Morgan fingerprint density at radius 3 is 2.20 bits per heavy atom. The number of halogens is 1. The van der Waals surface area contributed by atoms with Crippen LogP contribution < -0.4 is 0 Å². The largest absolute Gasteiger partial charge is 0.484 e. The predicted molar refractivity (Wildman–Crippen MR) is 28.0 cm³/mol. The molecule has 1 nitrogen and oxygen atoms in total. The summed E-state index contributed by atoms with van der Waals surface area (Å²) in [6.45, 7) is 0. The van der Waals surface area contributed by atoms with Crippen molar-refractivity contribution in [1.29, 1.82) is 0 Å². The lowest BCUT2D eigenvalue weighted by Gasteiger charge is -2.10. The average Bonchev–Trinajstić information content (AvgIpc) is 1.30. The van der Waals surface area contributed by atoms with Crippen molar-refractivity contribution in [3.8, 4) is 0 Å². The maximum atomic E-state index is 4.74. The van der Waals surface area contributed by atoms with Crippen molar-refractivity contribution < 1.29 is 4.74 Å². The summed E-state index contributed by atoms with van der Waals surface area (Å²) in [5, 5.41) is 0. The maximum absolute atomic E-state index is 4.74. The van der Waals surface area contributed by atoms with Crippen molar-refractivity contribution in [1.82, 2.24) is 0 Å². The molecule has 28 valence electrons. The molecule has 2 heteroatoms. The Labute approximate surface area is 44.1 Å². The Bertz CT molecular complexity index is 59.9. The van der Waals surface area contributed by atoms with Gasteiger partial charge < -0.3 is 4.74 Å². The van der Waals surface area contributed by atoms with Crippen molar-refractivity contribution in [3.63, 3.8) is 0 Å². The van der Waals surface area contributed by atoms with Crippen LogP contribution in [0.25, 0.3) is 0 Å². The van der Waals surface area contributed by atoms with Gasteiger partial charge in [-0.1, -0.05) is 0 Å². The number of alkyl halides is 1. The van der Waals surface area contributed by atoms with Gasteiger partial charge in [-0.3, -0.25) is 0 Å². The van der Waals surface area contributed by atoms with Crippen LogP contribution in [-0.4, -0.2) is 4.11 Å². The second-order valence-electron chi connectivity index (χ2n) is 0.816. The Kier molecular flexibility index (Phi) is 0.804. The molecule has 1 atom stereocenters. The molecule has 1 aliphatic rings. The summed E-state index contributed by atoms with van der Waals surface area (Å²) < 4.78 is 5.09. The molecule has 0 aromatic heterocycles. The van der Waals surface area contributed by atoms with Crippen LogP contribution >= 0.6 is 22.6 Å². The van der Waals surface area contributed by atoms with Gasteiger partial charge in [-0.2, -0.15) is 0 Å². The van der Waals surface area contributed by atoms with Gasteiger partial charge in [0, 0.05) is 6.08 Å². The van der Waals surface area contributed by atoms with Gasteiger partial charge in [-0.05, 0) is 22.6 Å². The molecule has 1 unspecified atom stereocenters. The van der Waals surface area contributed by atoms with E-state index < -0.39 is 0 Å². The van der Waals surface area contributed by atoms with E-state index in [4.69, 9.17) is 4.74 Å². The molecule has 0 bridgehead atoms. The molecular formula is C3H3IO. The minimum atomic E-state index is 0.354. The van der Waals surface area contributed by atoms with Crippen molar-refractivity contribution >= 4 is 22.6 Å². The van der Waals surface area contributed by atoms with Gasteiger partial charge in [0.15, 0.2) is 4.11 Å². The molecule has 0 amide bonds. The first-order valence-electron chi connectivity index (χ1n) is 1.36. The highest BCUT2D eigenvalue weighted by Gasteiger charge is 2.01. The third-order valence-corrected chi connectivity index (χ3v) is 1.15. The fourth-order valence-corrected chi connectivity index (χ4v) is 0.477. The SMILES string of the molecule is IC1C=CO1. The highest BCUT2D eigenvalue weighted by atomic mass is 127. The molecule has 1 rings (SSSR count). The zero-order chi connectivity index (χ0) is 3.70. The van der Waals surface area contributed by atoms with Gasteiger partial charge >= 0.3 is 0 Å². The number of rotatable bonds is 0. The van der Waals surface area contributed by atoms with Crippen LogP contribution in [0.4, 0.5) is 0 Å². The van der Waals surface area contributed by atoms with Crippen LogP contribution in [0.2, 0.25) is 0 Å². The van der Waals surface area contributed by atoms with E-state index in [1.165, 1.54) is 0 Å². The van der Waals surface area contributed by atoms with Crippen LogP contribution in [0.3, 0.4) is 0 Å². The fourth-order valence-electron chi connectivity index (χ4n) is 0.138. The molecule has 0 N–H and O–H groups in total. The lowest BCUT2D eigenvalue weighted by atomic mass is 10.6. The van der Waals surface area contributed by atoms with Gasteiger partial charge in [0.1, 0.15) is 0 Å². The normalized spacial score (nSPS) is 31.8. The monoisotopic (exact) mass is 182 g/mol. The number of hydrogen-bond acceptors (Lipinski definition) is 1. The van der Waals surface area contributed by atoms with E-state index in [1.807, 2.05) is 6.08 Å². The van der Waals surface area contributed by atoms with Crippen LogP contribution in [0.1, 0.15) is 0 Å². The minimum Gasteiger partial charge on any atom is -0.484 e. The van der Waals surface area contributed by atoms with E-state index in [1.54, 1.807) is 6.26 Å². The molecule has 0 fully saturated rings. The van der Waals surface area contributed by atoms with Crippen molar-refractivity contribution in [3.05, 3.63) is 12.3 Å². The molecule has 0 aromatic rings. The van der Waals surface area contributed by atoms with Crippen molar-refractivity contribution in [2.75, 3.05) is 0 Å². The van der Waals surface area contributed by atoms with Gasteiger partial charge in [0.2, 0.25) is 0 Å². The fraction of sp³-hybridized carbons (Fsp3) is 0.333. The molecule has 0 aromatic carbocycles. The summed E-state index contributed by atoms with van der Waals surface area (Å²) in [5.41, 5.74) is 0.